The van der Waals surface area contributed by atoms with Crippen LogP contribution in [0.3, 0.4) is 0 Å². The number of nitrogen functional groups attached to an aromatic ring is 1. The van der Waals surface area contributed by atoms with Gasteiger partial charge in [0, 0.05) is 18.9 Å². The van der Waals surface area contributed by atoms with Crippen molar-refractivity contribution in [3.8, 4) is 0 Å². The Kier molecular flexibility index (Phi) is 3.04. The molecule has 0 amide bonds. The minimum atomic E-state index is -0.418. The SMILES string of the molecule is Nc1nc(=O)n2ccnc2n1CC=Cc1ccccc1. The molecule has 0 fully saturated rings. The third-order valence-electron chi connectivity index (χ3n) is 2.95. The van der Waals surface area contributed by atoms with Crippen LogP contribution in [0.15, 0.2) is 53.6 Å². The molecular weight excluding hydrogens is 254 g/mol. The van der Waals surface area contributed by atoms with E-state index in [9.17, 15) is 4.79 Å². The number of allylic oxidation sites excluding steroid dienone is 1. The van der Waals surface area contributed by atoms with Gasteiger partial charge in [-0.25, -0.2) is 14.2 Å². The molecule has 2 aromatic heterocycles. The Hall–Kier alpha value is -2.89. The first kappa shape index (κ1) is 12.2. The van der Waals surface area contributed by atoms with Crippen molar-refractivity contribution in [3.05, 3.63) is 64.8 Å². The summed E-state index contributed by atoms with van der Waals surface area (Å²) in [6.45, 7) is 0.495. The highest BCUT2D eigenvalue weighted by Crippen LogP contribution is 2.06. The summed E-state index contributed by atoms with van der Waals surface area (Å²) in [4.78, 5) is 19.5. The molecule has 6 nitrogen and oxygen atoms in total. The van der Waals surface area contributed by atoms with Crippen LogP contribution in [-0.4, -0.2) is 18.9 Å². The lowest BCUT2D eigenvalue weighted by Crippen LogP contribution is -2.23. The van der Waals surface area contributed by atoms with Crippen molar-refractivity contribution in [2.24, 2.45) is 0 Å². The zero-order valence-corrected chi connectivity index (χ0v) is 10.7. The molecule has 0 saturated carbocycles. The zero-order valence-electron chi connectivity index (χ0n) is 10.7. The van der Waals surface area contributed by atoms with Gasteiger partial charge in [0.15, 0.2) is 0 Å². The summed E-state index contributed by atoms with van der Waals surface area (Å²) in [5, 5.41) is 0. The second-order valence-electron chi connectivity index (χ2n) is 4.27. The fourth-order valence-corrected chi connectivity index (χ4v) is 1.99. The number of hydrogen-bond acceptors (Lipinski definition) is 4. The number of benzene rings is 1. The highest BCUT2D eigenvalue weighted by Gasteiger charge is 2.07. The number of imidazole rings is 1. The van der Waals surface area contributed by atoms with E-state index >= 15 is 0 Å². The van der Waals surface area contributed by atoms with Gasteiger partial charge in [0.1, 0.15) is 0 Å². The molecule has 3 aromatic rings. The van der Waals surface area contributed by atoms with Crippen LogP contribution in [0.4, 0.5) is 5.95 Å². The Morgan fingerprint density at radius 1 is 1.25 bits per heavy atom. The number of anilines is 1. The van der Waals surface area contributed by atoms with Crippen LogP contribution in [0.2, 0.25) is 0 Å². The van der Waals surface area contributed by atoms with Gasteiger partial charge in [-0.3, -0.25) is 4.57 Å². The van der Waals surface area contributed by atoms with E-state index in [0.29, 0.717) is 12.3 Å². The first-order chi connectivity index (χ1) is 9.75. The van der Waals surface area contributed by atoms with E-state index in [2.05, 4.69) is 9.97 Å². The molecule has 0 bridgehead atoms. The fourth-order valence-electron chi connectivity index (χ4n) is 1.99. The molecule has 2 heterocycles. The van der Waals surface area contributed by atoms with Gasteiger partial charge >= 0.3 is 5.69 Å². The molecule has 0 radical (unpaired) electrons. The van der Waals surface area contributed by atoms with Crippen LogP contribution in [0.25, 0.3) is 11.9 Å². The first-order valence-corrected chi connectivity index (χ1v) is 6.16. The van der Waals surface area contributed by atoms with E-state index in [4.69, 9.17) is 5.73 Å². The molecule has 20 heavy (non-hydrogen) atoms. The van der Waals surface area contributed by atoms with Crippen molar-refractivity contribution in [1.82, 2.24) is 18.9 Å². The van der Waals surface area contributed by atoms with Crippen LogP contribution in [-0.2, 0) is 6.54 Å². The van der Waals surface area contributed by atoms with Gasteiger partial charge in [-0.05, 0) is 5.56 Å². The largest absolute Gasteiger partial charge is 0.369 e. The van der Waals surface area contributed by atoms with E-state index in [-0.39, 0.29) is 5.95 Å². The smallest absolute Gasteiger partial charge is 0.357 e. The van der Waals surface area contributed by atoms with Crippen molar-refractivity contribution < 1.29 is 0 Å². The van der Waals surface area contributed by atoms with Crippen molar-refractivity contribution in [3.63, 3.8) is 0 Å². The third kappa shape index (κ3) is 2.18. The zero-order chi connectivity index (χ0) is 13.9. The number of nitrogens with zero attached hydrogens (tertiary/aromatic N) is 4. The topological polar surface area (TPSA) is 78.2 Å². The molecule has 0 spiro atoms. The monoisotopic (exact) mass is 267 g/mol. The first-order valence-electron chi connectivity index (χ1n) is 6.16. The highest BCUT2D eigenvalue weighted by atomic mass is 16.1. The second-order valence-corrected chi connectivity index (χ2v) is 4.27. The Morgan fingerprint density at radius 2 is 2.05 bits per heavy atom. The minimum absolute atomic E-state index is 0.159. The van der Waals surface area contributed by atoms with Gasteiger partial charge < -0.3 is 5.73 Å². The minimum Gasteiger partial charge on any atom is -0.369 e. The molecule has 0 aliphatic rings. The van der Waals surface area contributed by atoms with Gasteiger partial charge in [-0.15, -0.1) is 0 Å². The summed E-state index contributed by atoms with van der Waals surface area (Å²) in [6, 6.07) is 9.93. The van der Waals surface area contributed by atoms with Crippen molar-refractivity contribution in [2.75, 3.05) is 5.73 Å². The number of fused-ring (bicyclic) bond motifs is 1. The van der Waals surface area contributed by atoms with Gasteiger partial charge in [-0.2, -0.15) is 4.98 Å². The van der Waals surface area contributed by atoms with Gasteiger partial charge in [0.25, 0.3) is 0 Å². The molecule has 2 N–H and O–H groups in total. The molecule has 3 rings (SSSR count). The maximum atomic E-state index is 11.6. The fraction of sp³-hybridized carbons (Fsp3) is 0.0714. The van der Waals surface area contributed by atoms with Crippen molar-refractivity contribution in [2.45, 2.75) is 6.54 Å². The van der Waals surface area contributed by atoms with E-state index < -0.39 is 5.69 Å². The lowest BCUT2D eigenvalue weighted by Gasteiger charge is -2.07. The molecule has 6 heteroatoms. The van der Waals surface area contributed by atoms with Gasteiger partial charge in [0.05, 0.1) is 0 Å². The van der Waals surface area contributed by atoms with Crippen LogP contribution in [0.1, 0.15) is 5.56 Å². The third-order valence-corrected chi connectivity index (χ3v) is 2.95. The van der Waals surface area contributed by atoms with Crippen LogP contribution < -0.4 is 11.4 Å². The number of nitrogens with two attached hydrogens (primary N) is 1. The highest BCUT2D eigenvalue weighted by molar-refractivity contribution is 5.49. The van der Waals surface area contributed by atoms with E-state index in [1.165, 1.54) is 4.40 Å². The molecule has 0 aliphatic carbocycles. The van der Waals surface area contributed by atoms with Gasteiger partial charge in [0.2, 0.25) is 11.7 Å². The summed E-state index contributed by atoms with van der Waals surface area (Å²) in [5.41, 5.74) is 6.47. The molecule has 0 atom stereocenters. The van der Waals surface area contributed by atoms with Crippen LogP contribution in [0.5, 0.6) is 0 Å². The predicted molar refractivity (Wildman–Crippen MR) is 77.1 cm³/mol. The summed E-state index contributed by atoms with van der Waals surface area (Å²) < 4.78 is 3.05. The van der Waals surface area contributed by atoms with Crippen LogP contribution in [0, 0.1) is 0 Å². The predicted octanol–water partition coefficient (Wildman–Crippen LogP) is 1.19. The molecule has 1 aromatic carbocycles. The van der Waals surface area contributed by atoms with Crippen molar-refractivity contribution >= 4 is 17.8 Å². The lowest BCUT2D eigenvalue weighted by molar-refractivity contribution is 0.772. The second kappa shape index (κ2) is 5.00. The quantitative estimate of drug-likeness (QED) is 0.773. The summed E-state index contributed by atoms with van der Waals surface area (Å²) in [5.74, 6) is 0.645. The number of hydrogen-bond donors (Lipinski definition) is 1. The van der Waals surface area contributed by atoms with E-state index in [1.54, 1.807) is 17.0 Å². The van der Waals surface area contributed by atoms with Gasteiger partial charge in [-0.1, -0.05) is 42.5 Å². The molecule has 0 saturated heterocycles. The molecular formula is C14H13N5O. The summed E-state index contributed by atoms with van der Waals surface area (Å²) >= 11 is 0. The number of aromatic nitrogens is 4. The lowest BCUT2D eigenvalue weighted by atomic mass is 10.2. The standard InChI is InChI=1S/C14H13N5O/c15-12-17-14(20)19-10-8-16-13(19)18(12)9-4-7-11-5-2-1-3-6-11/h1-8,10H,9H2,(H2,15,17,20). The van der Waals surface area contributed by atoms with Crippen LogP contribution >= 0.6 is 0 Å². The summed E-state index contributed by atoms with van der Waals surface area (Å²) in [6.07, 6.45) is 7.06. The van der Waals surface area contributed by atoms with E-state index in [1.807, 2.05) is 42.5 Å². The van der Waals surface area contributed by atoms with E-state index in [0.717, 1.165) is 5.56 Å². The number of rotatable bonds is 3. The molecule has 0 unspecified atom stereocenters. The molecule has 100 valence electrons. The Bertz CT molecular complexity index is 816. The average Bonchev–Trinajstić information content (AvgIpc) is 2.93. The molecule has 0 aliphatic heterocycles. The summed E-state index contributed by atoms with van der Waals surface area (Å²) in [7, 11) is 0. The average molecular weight is 267 g/mol. The maximum Gasteiger partial charge on any atom is 0.357 e. The van der Waals surface area contributed by atoms with Crippen molar-refractivity contribution in [1.29, 1.82) is 0 Å². The Morgan fingerprint density at radius 3 is 2.85 bits per heavy atom. The normalized spacial score (nSPS) is 11.4. The Balaban J connectivity index is 1.94. The Labute approximate surface area is 114 Å². The maximum absolute atomic E-state index is 11.6.